The Bertz CT molecular complexity index is 893. The Balaban J connectivity index is 1.74. The first-order valence-electron chi connectivity index (χ1n) is 8.60. The minimum absolute atomic E-state index is 0.157. The van der Waals surface area contributed by atoms with Gasteiger partial charge in [-0.15, -0.1) is 0 Å². The summed E-state index contributed by atoms with van der Waals surface area (Å²) in [5.41, 5.74) is 1.12. The molecule has 0 spiro atoms. The van der Waals surface area contributed by atoms with Gasteiger partial charge in [0, 0.05) is 30.2 Å². The second kappa shape index (κ2) is 8.20. The molecular weight excluding hydrogens is 372 g/mol. The van der Waals surface area contributed by atoms with E-state index in [1.807, 2.05) is 18.2 Å². The number of hydrogen-bond donors (Lipinski definition) is 1. The lowest BCUT2D eigenvalue weighted by Crippen LogP contribution is -2.35. The molecule has 5 nitrogen and oxygen atoms in total. The summed E-state index contributed by atoms with van der Waals surface area (Å²) in [7, 11) is -3.56. The van der Waals surface area contributed by atoms with E-state index < -0.39 is 10.0 Å². The number of halogens is 1. The van der Waals surface area contributed by atoms with Crippen LogP contribution in [0.4, 0.5) is 0 Å². The molecule has 138 valence electrons. The lowest BCUT2D eigenvalue weighted by Gasteiger charge is -2.26. The number of piperidine rings is 1. The molecule has 1 fully saturated rings. The topological polar surface area (TPSA) is 66.5 Å². The quantitative estimate of drug-likeness (QED) is 0.847. The van der Waals surface area contributed by atoms with Gasteiger partial charge in [0.2, 0.25) is 10.0 Å². The van der Waals surface area contributed by atoms with Crippen LogP contribution in [0.2, 0.25) is 5.02 Å². The largest absolute Gasteiger partial charge is 0.348 e. The summed E-state index contributed by atoms with van der Waals surface area (Å²) in [6.45, 7) is 1.35. The van der Waals surface area contributed by atoms with Crippen molar-refractivity contribution in [3.63, 3.8) is 0 Å². The van der Waals surface area contributed by atoms with Gasteiger partial charge in [-0.1, -0.05) is 42.3 Å². The van der Waals surface area contributed by atoms with Gasteiger partial charge in [-0.05, 0) is 42.7 Å². The van der Waals surface area contributed by atoms with Gasteiger partial charge in [-0.25, -0.2) is 8.42 Å². The van der Waals surface area contributed by atoms with Crippen LogP contribution in [-0.4, -0.2) is 31.7 Å². The highest BCUT2D eigenvalue weighted by atomic mass is 35.5. The minimum Gasteiger partial charge on any atom is -0.348 e. The van der Waals surface area contributed by atoms with E-state index in [-0.39, 0.29) is 17.3 Å². The number of carbonyl (C=O) groups excluding carboxylic acids is 1. The van der Waals surface area contributed by atoms with Crippen LogP contribution in [0.1, 0.15) is 35.2 Å². The standard InChI is InChI=1S/C19H21ClN2O3S/c20-18-10-3-2-7-16(18)14-21-19(23)15-8-6-9-17(13-15)26(24,25)22-11-4-1-5-12-22/h2-3,6-10,13H,1,4-5,11-12,14H2,(H,21,23). The van der Waals surface area contributed by atoms with Crippen LogP contribution in [0.25, 0.3) is 0 Å². The van der Waals surface area contributed by atoms with E-state index in [4.69, 9.17) is 11.6 Å². The Morgan fingerprint density at radius 1 is 1.04 bits per heavy atom. The molecule has 0 radical (unpaired) electrons. The van der Waals surface area contributed by atoms with Crippen molar-refractivity contribution in [3.8, 4) is 0 Å². The van der Waals surface area contributed by atoms with E-state index in [0.717, 1.165) is 24.8 Å². The summed E-state index contributed by atoms with van der Waals surface area (Å²) < 4.78 is 27.0. The van der Waals surface area contributed by atoms with Crippen molar-refractivity contribution in [2.45, 2.75) is 30.7 Å². The molecule has 0 aromatic heterocycles. The van der Waals surface area contributed by atoms with E-state index >= 15 is 0 Å². The molecule has 2 aromatic carbocycles. The zero-order valence-electron chi connectivity index (χ0n) is 14.3. The summed E-state index contributed by atoms with van der Waals surface area (Å²) in [4.78, 5) is 12.6. The molecular formula is C19H21ClN2O3S. The molecule has 0 saturated carbocycles. The predicted octanol–water partition coefficient (Wildman–Crippen LogP) is 3.44. The molecule has 1 aliphatic rings. The van der Waals surface area contributed by atoms with Crippen molar-refractivity contribution in [2.24, 2.45) is 0 Å². The summed E-state index contributed by atoms with van der Waals surface area (Å²) >= 11 is 6.09. The Morgan fingerprint density at radius 2 is 1.77 bits per heavy atom. The van der Waals surface area contributed by atoms with Crippen LogP contribution in [0.5, 0.6) is 0 Å². The molecule has 1 N–H and O–H groups in total. The summed E-state index contributed by atoms with van der Waals surface area (Å²) in [6, 6.07) is 13.4. The fourth-order valence-corrected chi connectivity index (χ4v) is 4.74. The molecule has 0 atom stereocenters. The van der Waals surface area contributed by atoms with Gasteiger partial charge in [0.15, 0.2) is 0 Å². The van der Waals surface area contributed by atoms with Gasteiger partial charge < -0.3 is 5.32 Å². The normalized spacial score (nSPS) is 15.6. The fourth-order valence-electron chi connectivity index (χ4n) is 2.97. The van der Waals surface area contributed by atoms with Gasteiger partial charge in [0.25, 0.3) is 5.91 Å². The highest BCUT2D eigenvalue weighted by Crippen LogP contribution is 2.21. The number of amides is 1. The molecule has 0 aliphatic carbocycles. The van der Waals surface area contributed by atoms with Crippen molar-refractivity contribution in [1.82, 2.24) is 9.62 Å². The van der Waals surface area contributed by atoms with E-state index in [0.29, 0.717) is 23.7 Å². The van der Waals surface area contributed by atoms with Crippen molar-refractivity contribution in [3.05, 3.63) is 64.7 Å². The number of rotatable bonds is 5. The van der Waals surface area contributed by atoms with Crippen LogP contribution < -0.4 is 5.32 Å². The Labute approximate surface area is 159 Å². The third-order valence-corrected chi connectivity index (χ3v) is 6.71. The van der Waals surface area contributed by atoms with Crippen LogP contribution >= 0.6 is 11.6 Å². The average Bonchev–Trinajstić information content (AvgIpc) is 2.68. The first kappa shape index (κ1) is 18.9. The molecule has 3 rings (SSSR count). The number of nitrogens with one attached hydrogen (secondary N) is 1. The second-order valence-corrected chi connectivity index (χ2v) is 8.61. The SMILES string of the molecule is O=C(NCc1ccccc1Cl)c1cccc(S(=O)(=O)N2CCCCC2)c1. The Kier molecular flexibility index (Phi) is 5.96. The van der Waals surface area contributed by atoms with E-state index in [1.165, 1.54) is 16.4 Å². The number of carbonyl (C=O) groups is 1. The highest BCUT2D eigenvalue weighted by molar-refractivity contribution is 7.89. The summed E-state index contributed by atoms with van der Waals surface area (Å²) in [5.74, 6) is -0.333. The maximum Gasteiger partial charge on any atom is 0.251 e. The molecule has 1 heterocycles. The molecule has 7 heteroatoms. The van der Waals surface area contributed by atoms with Crippen LogP contribution in [-0.2, 0) is 16.6 Å². The highest BCUT2D eigenvalue weighted by Gasteiger charge is 2.26. The maximum atomic E-state index is 12.8. The Morgan fingerprint density at radius 3 is 2.50 bits per heavy atom. The lowest BCUT2D eigenvalue weighted by atomic mass is 10.2. The number of benzene rings is 2. The molecule has 26 heavy (non-hydrogen) atoms. The van der Waals surface area contributed by atoms with Gasteiger partial charge in [-0.3, -0.25) is 4.79 Å². The van der Waals surface area contributed by atoms with Gasteiger partial charge in [-0.2, -0.15) is 4.31 Å². The maximum absolute atomic E-state index is 12.8. The molecule has 1 aliphatic heterocycles. The Hall–Kier alpha value is -1.89. The molecule has 0 bridgehead atoms. The van der Waals surface area contributed by atoms with Gasteiger partial charge >= 0.3 is 0 Å². The lowest BCUT2D eigenvalue weighted by molar-refractivity contribution is 0.0950. The van der Waals surface area contributed by atoms with Gasteiger partial charge in [0.1, 0.15) is 0 Å². The van der Waals surface area contributed by atoms with E-state index in [1.54, 1.807) is 18.2 Å². The zero-order chi connectivity index (χ0) is 18.6. The van der Waals surface area contributed by atoms with E-state index in [2.05, 4.69) is 5.32 Å². The molecule has 1 amide bonds. The van der Waals surface area contributed by atoms with Crippen LogP contribution in [0, 0.1) is 0 Å². The molecule has 2 aromatic rings. The number of sulfonamides is 1. The summed E-state index contributed by atoms with van der Waals surface area (Å²) in [6.07, 6.45) is 2.80. The predicted molar refractivity (Wildman–Crippen MR) is 102 cm³/mol. The van der Waals surface area contributed by atoms with Crippen LogP contribution in [0.3, 0.4) is 0 Å². The second-order valence-electron chi connectivity index (χ2n) is 6.27. The minimum atomic E-state index is -3.56. The van der Waals surface area contributed by atoms with Crippen molar-refractivity contribution < 1.29 is 13.2 Å². The third kappa shape index (κ3) is 4.26. The molecule has 0 unspecified atom stereocenters. The van der Waals surface area contributed by atoms with Crippen LogP contribution in [0.15, 0.2) is 53.4 Å². The van der Waals surface area contributed by atoms with Crippen molar-refractivity contribution in [2.75, 3.05) is 13.1 Å². The third-order valence-electron chi connectivity index (χ3n) is 4.45. The smallest absolute Gasteiger partial charge is 0.251 e. The molecule has 1 saturated heterocycles. The number of nitrogens with zero attached hydrogens (tertiary/aromatic N) is 1. The van der Waals surface area contributed by atoms with Gasteiger partial charge in [0.05, 0.1) is 4.90 Å². The fraction of sp³-hybridized carbons (Fsp3) is 0.316. The zero-order valence-corrected chi connectivity index (χ0v) is 15.9. The van der Waals surface area contributed by atoms with Crippen molar-refractivity contribution in [1.29, 1.82) is 0 Å². The monoisotopic (exact) mass is 392 g/mol. The van der Waals surface area contributed by atoms with E-state index in [9.17, 15) is 13.2 Å². The summed E-state index contributed by atoms with van der Waals surface area (Å²) in [5, 5.41) is 3.36. The first-order chi connectivity index (χ1) is 12.5. The average molecular weight is 393 g/mol. The first-order valence-corrected chi connectivity index (χ1v) is 10.4. The number of hydrogen-bond acceptors (Lipinski definition) is 3. The van der Waals surface area contributed by atoms with Crippen molar-refractivity contribution >= 4 is 27.5 Å².